The molecule has 5 nitrogen and oxygen atoms in total. The molecule has 2 aliphatic rings. The highest BCUT2D eigenvalue weighted by molar-refractivity contribution is 5.88. The fourth-order valence-electron chi connectivity index (χ4n) is 3.49. The fourth-order valence-corrected chi connectivity index (χ4v) is 3.49. The molecule has 2 amide bonds. The standard InChI is InChI=1S/C17H22N2O3/c18-16(20)15-10-14(22-13-8-2-1-3-9-13)11-19(15)17(21)12-6-4-5-7-12/h1-3,8-9,12,14-15H,4-7,10-11H2,(H2,18,20)/t14-,15-/m0/s1. The van der Waals surface area contributed by atoms with Crippen molar-refractivity contribution in [3.05, 3.63) is 30.3 Å². The predicted octanol–water partition coefficient (Wildman–Crippen LogP) is 1.71. The summed E-state index contributed by atoms with van der Waals surface area (Å²) in [7, 11) is 0. The van der Waals surface area contributed by atoms with Crippen molar-refractivity contribution in [3.8, 4) is 5.75 Å². The third-order valence-electron chi connectivity index (χ3n) is 4.62. The first kappa shape index (κ1) is 14.9. The molecule has 1 aliphatic heterocycles. The van der Waals surface area contributed by atoms with Gasteiger partial charge in [0.25, 0.3) is 0 Å². The maximum Gasteiger partial charge on any atom is 0.240 e. The van der Waals surface area contributed by atoms with Crippen LogP contribution in [0.15, 0.2) is 30.3 Å². The molecule has 3 rings (SSSR count). The number of primary amides is 1. The van der Waals surface area contributed by atoms with Crippen LogP contribution in [0, 0.1) is 5.92 Å². The normalized spacial score (nSPS) is 25.4. The number of para-hydroxylation sites is 1. The van der Waals surface area contributed by atoms with Gasteiger partial charge in [-0.15, -0.1) is 0 Å². The van der Waals surface area contributed by atoms with Gasteiger partial charge in [-0.05, 0) is 25.0 Å². The molecule has 1 heterocycles. The summed E-state index contributed by atoms with van der Waals surface area (Å²) in [6, 6.07) is 8.93. The molecule has 1 aromatic carbocycles. The molecule has 0 unspecified atom stereocenters. The summed E-state index contributed by atoms with van der Waals surface area (Å²) in [5, 5.41) is 0. The number of hydrogen-bond donors (Lipinski definition) is 1. The van der Waals surface area contributed by atoms with Crippen molar-refractivity contribution in [1.29, 1.82) is 0 Å². The Hall–Kier alpha value is -2.04. The molecule has 22 heavy (non-hydrogen) atoms. The largest absolute Gasteiger partial charge is 0.488 e. The van der Waals surface area contributed by atoms with Gasteiger partial charge in [-0.2, -0.15) is 0 Å². The SMILES string of the molecule is NC(=O)[C@@H]1C[C@H](Oc2ccccc2)CN1C(=O)C1CCCC1. The predicted molar refractivity (Wildman–Crippen MR) is 82.1 cm³/mol. The van der Waals surface area contributed by atoms with Crippen molar-refractivity contribution in [2.45, 2.75) is 44.2 Å². The average molecular weight is 302 g/mol. The average Bonchev–Trinajstić information content (AvgIpc) is 3.17. The van der Waals surface area contributed by atoms with E-state index in [9.17, 15) is 9.59 Å². The third-order valence-corrected chi connectivity index (χ3v) is 4.62. The summed E-state index contributed by atoms with van der Waals surface area (Å²) >= 11 is 0. The molecular weight excluding hydrogens is 280 g/mol. The highest BCUT2D eigenvalue weighted by atomic mass is 16.5. The Morgan fingerprint density at radius 1 is 1.14 bits per heavy atom. The first-order valence-corrected chi connectivity index (χ1v) is 7.96. The van der Waals surface area contributed by atoms with Gasteiger partial charge in [0, 0.05) is 12.3 Å². The number of ether oxygens (including phenoxy) is 1. The van der Waals surface area contributed by atoms with Gasteiger partial charge >= 0.3 is 0 Å². The summed E-state index contributed by atoms with van der Waals surface area (Å²) < 4.78 is 5.90. The maximum absolute atomic E-state index is 12.6. The van der Waals surface area contributed by atoms with E-state index in [4.69, 9.17) is 10.5 Å². The van der Waals surface area contributed by atoms with Crippen LogP contribution in [0.5, 0.6) is 5.75 Å². The van der Waals surface area contributed by atoms with Crippen LogP contribution < -0.4 is 10.5 Å². The Morgan fingerprint density at radius 2 is 1.82 bits per heavy atom. The van der Waals surface area contributed by atoms with Crippen LogP contribution in [0.3, 0.4) is 0 Å². The van der Waals surface area contributed by atoms with Gasteiger partial charge < -0.3 is 15.4 Å². The smallest absolute Gasteiger partial charge is 0.240 e. The first-order valence-electron chi connectivity index (χ1n) is 7.96. The van der Waals surface area contributed by atoms with Crippen molar-refractivity contribution >= 4 is 11.8 Å². The quantitative estimate of drug-likeness (QED) is 0.920. The highest BCUT2D eigenvalue weighted by Gasteiger charge is 2.42. The van der Waals surface area contributed by atoms with Gasteiger partial charge in [-0.25, -0.2) is 0 Å². The lowest BCUT2D eigenvalue weighted by molar-refractivity contribution is -0.140. The van der Waals surface area contributed by atoms with Gasteiger partial charge in [-0.3, -0.25) is 9.59 Å². The lowest BCUT2D eigenvalue weighted by Gasteiger charge is -2.25. The van der Waals surface area contributed by atoms with Crippen LogP contribution in [0.4, 0.5) is 0 Å². The molecule has 0 radical (unpaired) electrons. The Kier molecular flexibility index (Phi) is 4.32. The molecule has 0 bridgehead atoms. The van der Waals surface area contributed by atoms with E-state index in [2.05, 4.69) is 0 Å². The summed E-state index contributed by atoms with van der Waals surface area (Å²) in [5.41, 5.74) is 5.49. The number of amides is 2. The Labute approximate surface area is 130 Å². The molecular formula is C17H22N2O3. The molecule has 0 spiro atoms. The Bertz CT molecular complexity index is 540. The Morgan fingerprint density at radius 3 is 2.45 bits per heavy atom. The summed E-state index contributed by atoms with van der Waals surface area (Å²) in [5.74, 6) is 0.439. The van der Waals surface area contributed by atoms with Gasteiger partial charge in [0.2, 0.25) is 11.8 Å². The van der Waals surface area contributed by atoms with E-state index in [1.54, 1.807) is 4.90 Å². The fraction of sp³-hybridized carbons (Fsp3) is 0.529. The van der Waals surface area contributed by atoms with E-state index in [1.807, 2.05) is 30.3 Å². The van der Waals surface area contributed by atoms with E-state index in [1.165, 1.54) is 0 Å². The van der Waals surface area contributed by atoms with Gasteiger partial charge in [0.1, 0.15) is 17.9 Å². The lowest BCUT2D eigenvalue weighted by Crippen LogP contribution is -2.45. The molecule has 2 N–H and O–H groups in total. The van der Waals surface area contributed by atoms with Crippen molar-refractivity contribution in [2.75, 3.05) is 6.54 Å². The molecule has 2 atom stereocenters. The van der Waals surface area contributed by atoms with E-state index in [-0.39, 0.29) is 17.9 Å². The lowest BCUT2D eigenvalue weighted by atomic mass is 10.1. The topological polar surface area (TPSA) is 72.6 Å². The second-order valence-electron chi connectivity index (χ2n) is 6.18. The first-order chi connectivity index (χ1) is 10.6. The number of hydrogen-bond acceptors (Lipinski definition) is 3. The third kappa shape index (κ3) is 3.08. The summed E-state index contributed by atoms with van der Waals surface area (Å²) in [6.07, 6.45) is 4.33. The number of likely N-dealkylation sites (tertiary alicyclic amines) is 1. The van der Waals surface area contributed by atoms with Crippen LogP contribution in [-0.2, 0) is 9.59 Å². The Balaban J connectivity index is 1.69. The minimum Gasteiger partial charge on any atom is -0.488 e. The zero-order chi connectivity index (χ0) is 15.5. The number of nitrogens with two attached hydrogens (primary N) is 1. The minimum atomic E-state index is -0.540. The number of nitrogens with zero attached hydrogens (tertiary/aromatic N) is 1. The van der Waals surface area contributed by atoms with Crippen LogP contribution in [0.1, 0.15) is 32.1 Å². The van der Waals surface area contributed by atoms with E-state index < -0.39 is 11.9 Å². The van der Waals surface area contributed by atoms with E-state index >= 15 is 0 Å². The molecule has 5 heteroatoms. The second kappa shape index (κ2) is 6.38. The molecule has 0 aromatic heterocycles. The van der Waals surface area contributed by atoms with Gasteiger partial charge in [-0.1, -0.05) is 31.0 Å². The van der Waals surface area contributed by atoms with E-state index in [0.717, 1.165) is 31.4 Å². The molecule has 1 saturated heterocycles. The number of rotatable bonds is 4. The minimum absolute atomic E-state index is 0.0531. The van der Waals surface area contributed by atoms with Crippen LogP contribution in [0.2, 0.25) is 0 Å². The van der Waals surface area contributed by atoms with Crippen molar-refractivity contribution in [1.82, 2.24) is 4.90 Å². The molecule has 1 saturated carbocycles. The van der Waals surface area contributed by atoms with Crippen LogP contribution in [-0.4, -0.2) is 35.4 Å². The zero-order valence-electron chi connectivity index (χ0n) is 12.6. The number of benzene rings is 1. The van der Waals surface area contributed by atoms with Crippen molar-refractivity contribution in [2.24, 2.45) is 11.7 Å². The molecule has 118 valence electrons. The summed E-state index contributed by atoms with van der Waals surface area (Å²) in [4.78, 5) is 26.0. The summed E-state index contributed by atoms with van der Waals surface area (Å²) in [6.45, 7) is 0.442. The van der Waals surface area contributed by atoms with Crippen LogP contribution in [0.25, 0.3) is 0 Å². The van der Waals surface area contributed by atoms with Gasteiger partial charge in [0.15, 0.2) is 0 Å². The second-order valence-corrected chi connectivity index (χ2v) is 6.18. The molecule has 1 aliphatic carbocycles. The number of carbonyl (C=O) groups is 2. The molecule has 1 aromatic rings. The van der Waals surface area contributed by atoms with Crippen LogP contribution >= 0.6 is 0 Å². The highest BCUT2D eigenvalue weighted by Crippen LogP contribution is 2.30. The molecule has 2 fully saturated rings. The maximum atomic E-state index is 12.6. The monoisotopic (exact) mass is 302 g/mol. The zero-order valence-corrected chi connectivity index (χ0v) is 12.6. The van der Waals surface area contributed by atoms with Crippen molar-refractivity contribution < 1.29 is 14.3 Å². The van der Waals surface area contributed by atoms with Crippen molar-refractivity contribution in [3.63, 3.8) is 0 Å². The number of carbonyl (C=O) groups excluding carboxylic acids is 2. The van der Waals surface area contributed by atoms with Gasteiger partial charge in [0.05, 0.1) is 6.54 Å². The van der Waals surface area contributed by atoms with E-state index in [0.29, 0.717) is 13.0 Å².